The van der Waals surface area contributed by atoms with Crippen LogP contribution < -0.4 is 10.6 Å². The summed E-state index contributed by atoms with van der Waals surface area (Å²) >= 11 is 6.34. The number of benzene rings is 2. The lowest BCUT2D eigenvalue weighted by molar-refractivity contribution is 0.744. The fourth-order valence-electron chi connectivity index (χ4n) is 3.73. The van der Waals surface area contributed by atoms with Crippen molar-refractivity contribution in [1.82, 2.24) is 9.97 Å². The Morgan fingerprint density at radius 3 is 2.46 bits per heavy atom. The molecule has 3 aromatic rings. The highest BCUT2D eigenvalue weighted by molar-refractivity contribution is 6.31. The number of nitrogens with one attached hydrogen (secondary N) is 2. The molecular weight excluding hydrogens is 368 g/mol. The second-order valence-electron chi connectivity index (χ2n) is 7.44. The van der Waals surface area contributed by atoms with Crippen molar-refractivity contribution in [3.8, 4) is 11.3 Å². The number of hydrogen-bond donors (Lipinski definition) is 2. The van der Waals surface area contributed by atoms with E-state index in [1.165, 1.54) is 25.7 Å². The van der Waals surface area contributed by atoms with E-state index in [0.717, 1.165) is 38.9 Å². The smallest absolute Gasteiger partial charge is 0.225 e. The number of anilines is 3. The Balaban J connectivity index is 1.72. The standard InChI is InChI=1S/C23H25ClN4/c1-15-12-13-19(24)16(2)22(15)27-21-14-20(17-8-4-3-5-9-17)26-23(28-21)25-18-10-6-7-11-18/h3-5,8-9,12-14,18H,6-7,10-11H2,1-2H3,(H2,25,26,27,28). The Morgan fingerprint density at radius 1 is 0.964 bits per heavy atom. The Hall–Kier alpha value is -2.59. The molecule has 2 aromatic carbocycles. The molecule has 0 radical (unpaired) electrons. The molecule has 0 saturated heterocycles. The minimum atomic E-state index is 0.452. The summed E-state index contributed by atoms with van der Waals surface area (Å²) in [6.45, 7) is 4.09. The van der Waals surface area contributed by atoms with E-state index in [2.05, 4.69) is 29.7 Å². The number of nitrogens with zero attached hydrogens (tertiary/aromatic N) is 2. The molecule has 28 heavy (non-hydrogen) atoms. The van der Waals surface area contributed by atoms with Crippen LogP contribution in [0, 0.1) is 13.8 Å². The first kappa shape index (κ1) is 18.8. The molecule has 4 rings (SSSR count). The zero-order chi connectivity index (χ0) is 19.5. The highest BCUT2D eigenvalue weighted by atomic mass is 35.5. The maximum atomic E-state index is 6.34. The molecule has 1 fully saturated rings. The van der Waals surface area contributed by atoms with Crippen LogP contribution >= 0.6 is 11.6 Å². The van der Waals surface area contributed by atoms with Crippen LogP contribution in [-0.2, 0) is 0 Å². The Kier molecular flexibility index (Phi) is 5.49. The predicted octanol–water partition coefficient (Wildman–Crippen LogP) is 6.51. The first-order valence-corrected chi connectivity index (χ1v) is 10.2. The van der Waals surface area contributed by atoms with Gasteiger partial charge in [0.2, 0.25) is 5.95 Å². The largest absolute Gasteiger partial charge is 0.351 e. The third-order valence-electron chi connectivity index (χ3n) is 5.34. The summed E-state index contributed by atoms with van der Waals surface area (Å²) in [5, 5.41) is 7.76. The van der Waals surface area contributed by atoms with Crippen LogP contribution in [0.1, 0.15) is 36.8 Å². The second-order valence-corrected chi connectivity index (χ2v) is 7.85. The van der Waals surface area contributed by atoms with E-state index in [9.17, 15) is 0 Å². The van der Waals surface area contributed by atoms with Gasteiger partial charge in [0.25, 0.3) is 0 Å². The minimum absolute atomic E-state index is 0.452. The number of aromatic nitrogens is 2. The van der Waals surface area contributed by atoms with Crippen molar-refractivity contribution in [3.63, 3.8) is 0 Å². The molecule has 1 aliphatic rings. The molecule has 0 aliphatic heterocycles. The topological polar surface area (TPSA) is 49.8 Å². The molecule has 4 nitrogen and oxygen atoms in total. The van der Waals surface area contributed by atoms with Crippen LogP contribution in [-0.4, -0.2) is 16.0 Å². The van der Waals surface area contributed by atoms with Crippen molar-refractivity contribution in [2.75, 3.05) is 10.6 Å². The molecule has 0 spiro atoms. The van der Waals surface area contributed by atoms with Crippen molar-refractivity contribution in [2.45, 2.75) is 45.6 Å². The zero-order valence-electron chi connectivity index (χ0n) is 16.3. The third kappa shape index (κ3) is 4.12. The number of halogens is 1. The van der Waals surface area contributed by atoms with Crippen LogP contribution in [0.4, 0.5) is 17.5 Å². The fraction of sp³-hybridized carbons (Fsp3) is 0.304. The van der Waals surface area contributed by atoms with E-state index in [0.29, 0.717) is 12.0 Å². The summed E-state index contributed by atoms with van der Waals surface area (Å²) in [6, 6.07) is 16.6. The molecule has 1 heterocycles. The summed E-state index contributed by atoms with van der Waals surface area (Å²) in [6.07, 6.45) is 4.88. The van der Waals surface area contributed by atoms with Gasteiger partial charge in [-0.25, -0.2) is 4.98 Å². The van der Waals surface area contributed by atoms with Gasteiger partial charge in [0.15, 0.2) is 0 Å². The normalized spacial score (nSPS) is 14.2. The molecule has 1 aliphatic carbocycles. The molecular formula is C23H25ClN4. The van der Waals surface area contributed by atoms with Crippen molar-refractivity contribution < 1.29 is 0 Å². The molecule has 0 unspecified atom stereocenters. The van der Waals surface area contributed by atoms with Gasteiger partial charge in [-0.15, -0.1) is 0 Å². The quantitative estimate of drug-likeness (QED) is 0.519. The number of hydrogen-bond acceptors (Lipinski definition) is 4. The maximum Gasteiger partial charge on any atom is 0.225 e. The fourth-order valence-corrected chi connectivity index (χ4v) is 3.88. The monoisotopic (exact) mass is 392 g/mol. The van der Waals surface area contributed by atoms with E-state index < -0.39 is 0 Å². The van der Waals surface area contributed by atoms with E-state index in [1.54, 1.807) is 0 Å². The second kappa shape index (κ2) is 8.19. The van der Waals surface area contributed by atoms with Gasteiger partial charge in [-0.2, -0.15) is 4.98 Å². The lowest BCUT2D eigenvalue weighted by Crippen LogP contribution is -2.17. The van der Waals surface area contributed by atoms with Gasteiger partial charge in [0, 0.05) is 28.4 Å². The maximum absolute atomic E-state index is 6.34. The van der Waals surface area contributed by atoms with Gasteiger partial charge >= 0.3 is 0 Å². The molecule has 0 atom stereocenters. The van der Waals surface area contributed by atoms with Crippen LogP contribution in [0.2, 0.25) is 5.02 Å². The Bertz CT molecular complexity index is 966. The summed E-state index contributed by atoms with van der Waals surface area (Å²) in [5.41, 5.74) is 5.12. The Labute approximate surface area is 171 Å². The molecule has 2 N–H and O–H groups in total. The Morgan fingerprint density at radius 2 is 1.71 bits per heavy atom. The summed E-state index contributed by atoms with van der Waals surface area (Å²) in [4.78, 5) is 9.54. The van der Waals surface area contributed by atoms with Crippen LogP contribution in [0.5, 0.6) is 0 Å². The SMILES string of the molecule is Cc1ccc(Cl)c(C)c1Nc1cc(-c2ccccc2)nc(NC2CCCC2)n1. The lowest BCUT2D eigenvalue weighted by Gasteiger charge is -2.17. The summed E-state index contributed by atoms with van der Waals surface area (Å²) in [7, 11) is 0. The number of aryl methyl sites for hydroxylation is 1. The highest BCUT2D eigenvalue weighted by Crippen LogP contribution is 2.31. The highest BCUT2D eigenvalue weighted by Gasteiger charge is 2.17. The summed E-state index contributed by atoms with van der Waals surface area (Å²) < 4.78 is 0. The first-order chi connectivity index (χ1) is 13.6. The molecule has 144 valence electrons. The van der Waals surface area contributed by atoms with Crippen LogP contribution in [0.15, 0.2) is 48.5 Å². The van der Waals surface area contributed by atoms with Crippen molar-refractivity contribution in [3.05, 3.63) is 64.7 Å². The van der Waals surface area contributed by atoms with Gasteiger partial charge in [-0.1, -0.05) is 60.8 Å². The molecule has 5 heteroatoms. The average molecular weight is 393 g/mol. The molecule has 1 aromatic heterocycles. The van der Waals surface area contributed by atoms with Crippen molar-refractivity contribution in [1.29, 1.82) is 0 Å². The van der Waals surface area contributed by atoms with E-state index in [1.807, 2.05) is 43.3 Å². The van der Waals surface area contributed by atoms with Gasteiger partial charge in [0.1, 0.15) is 5.82 Å². The minimum Gasteiger partial charge on any atom is -0.351 e. The van der Waals surface area contributed by atoms with Gasteiger partial charge in [-0.3, -0.25) is 0 Å². The van der Waals surface area contributed by atoms with Crippen molar-refractivity contribution in [2.24, 2.45) is 0 Å². The third-order valence-corrected chi connectivity index (χ3v) is 5.75. The average Bonchev–Trinajstić information content (AvgIpc) is 3.22. The van der Waals surface area contributed by atoms with E-state index in [-0.39, 0.29) is 0 Å². The van der Waals surface area contributed by atoms with Gasteiger partial charge in [-0.05, 0) is 43.9 Å². The molecule has 0 amide bonds. The zero-order valence-corrected chi connectivity index (χ0v) is 17.1. The van der Waals surface area contributed by atoms with E-state index >= 15 is 0 Å². The van der Waals surface area contributed by atoms with Crippen LogP contribution in [0.25, 0.3) is 11.3 Å². The van der Waals surface area contributed by atoms with E-state index in [4.69, 9.17) is 21.6 Å². The number of rotatable bonds is 5. The van der Waals surface area contributed by atoms with Gasteiger partial charge < -0.3 is 10.6 Å². The first-order valence-electron chi connectivity index (χ1n) is 9.84. The van der Waals surface area contributed by atoms with Crippen LogP contribution in [0.3, 0.4) is 0 Å². The van der Waals surface area contributed by atoms with Crippen molar-refractivity contribution >= 4 is 29.1 Å². The van der Waals surface area contributed by atoms with Gasteiger partial charge in [0.05, 0.1) is 5.69 Å². The summed E-state index contributed by atoms with van der Waals surface area (Å²) in [5.74, 6) is 1.44. The lowest BCUT2D eigenvalue weighted by atomic mass is 10.1. The predicted molar refractivity (Wildman–Crippen MR) is 118 cm³/mol. The molecule has 0 bridgehead atoms. The molecule has 1 saturated carbocycles.